The van der Waals surface area contributed by atoms with Gasteiger partial charge in [0.1, 0.15) is 10.6 Å². The highest BCUT2D eigenvalue weighted by Gasteiger charge is 2.09. The van der Waals surface area contributed by atoms with Gasteiger partial charge in [-0.25, -0.2) is 9.97 Å². The number of hydrogen-bond acceptors (Lipinski definition) is 4. The average molecular weight is 283 g/mol. The van der Waals surface area contributed by atoms with Crippen molar-refractivity contribution < 1.29 is 0 Å². The predicted octanol–water partition coefficient (Wildman–Crippen LogP) is 4.35. The molecule has 0 aliphatic carbocycles. The number of aryl methyl sites for hydroxylation is 1. The van der Waals surface area contributed by atoms with Crippen molar-refractivity contribution in [2.75, 3.05) is 11.9 Å². The van der Waals surface area contributed by atoms with Crippen molar-refractivity contribution >= 4 is 27.4 Å². The Hall–Kier alpha value is -1.94. The highest BCUT2D eigenvalue weighted by Crippen LogP contribution is 2.28. The van der Waals surface area contributed by atoms with Gasteiger partial charge in [0.15, 0.2) is 5.82 Å². The smallest absolute Gasteiger partial charge is 0.163 e. The van der Waals surface area contributed by atoms with Crippen molar-refractivity contribution in [1.29, 1.82) is 0 Å². The standard InChI is InChI=1S/C16H17N3S/c1-3-11-5-7-12(8-6-11)14-18-15(17-4-2)13-9-10-20-16(13)19-14/h5-10H,3-4H2,1-2H3,(H,17,18,19). The van der Waals surface area contributed by atoms with E-state index < -0.39 is 0 Å². The first kappa shape index (κ1) is 13.1. The first-order valence-electron chi connectivity index (χ1n) is 6.90. The third kappa shape index (κ3) is 2.39. The van der Waals surface area contributed by atoms with Gasteiger partial charge in [-0.3, -0.25) is 0 Å². The first-order valence-corrected chi connectivity index (χ1v) is 7.78. The van der Waals surface area contributed by atoms with Gasteiger partial charge in [-0.05, 0) is 30.4 Å². The highest BCUT2D eigenvalue weighted by molar-refractivity contribution is 7.16. The maximum atomic E-state index is 4.67. The van der Waals surface area contributed by atoms with E-state index in [2.05, 4.69) is 64.8 Å². The average Bonchev–Trinajstić information content (AvgIpc) is 2.96. The molecule has 3 rings (SSSR count). The van der Waals surface area contributed by atoms with E-state index in [-0.39, 0.29) is 0 Å². The van der Waals surface area contributed by atoms with Gasteiger partial charge >= 0.3 is 0 Å². The van der Waals surface area contributed by atoms with Crippen LogP contribution in [0.15, 0.2) is 35.7 Å². The van der Waals surface area contributed by atoms with Crippen LogP contribution in [0, 0.1) is 0 Å². The van der Waals surface area contributed by atoms with E-state index in [0.29, 0.717) is 0 Å². The fourth-order valence-electron chi connectivity index (χ4n) is 2.18. The molecule has 3 aromatic rings. The number of rotatable bonds is 4. The minimum Gasteiger partial charge on any atom is -0.370 e. The molecule has 0 atom stereocenters. The van der Waals surface area contributed by atoms with E-state index in [1.165, 1.54) is 5.56 Å². The van der Waals surface area contributed by atoms with Crippen LogP contribution in [0.5, 0.6) is 0 Å². The summed E-state index contributed by atoms with van der Waals surface area (Å²) in [5.41, 5.74) is 2.40. The van der Waals surface area contributed by atoms with Crippen molar-refractivity contribution in [2.45, 2.75) is 20.3 Å². The molecule has 0 saturated heterocycles. The van der Waals surface area contributed by atoms with Crippen LogP contribution in [0.25, 0.3) is 21.6 Å². The number of fused-ring (bicyclic) bond motifs is 1. The summed E-state index contributed by atoms with van der Waals surface area (Å²) in [6.45, 7) is 5.10. The van der Waals surface area contributed by atoms with Crippen LogP contribution in [-0.2, 0) is 6.42 Å². The molecule has 102 valence electrons. The summed E-state index contributed by atoms with van der Waals surface area (Å²) in [7, 11) is 0. The Balaban J connectivity index is 2.09. The topological polar surface area (TPSA) is 37.8 Å². The van der Waals surface area contributed by atoms with Crippen LogP contribution in [-0.4, -0.2) is 16.5 Å². The fraction of sp³-hybridized carbons (Fsp3) is 0.250. The molecule has 0 bridgehead atoms. The van der Waals surface area contributed by atoms with Gasteiger partial charge in [-0.15, -0.1) is 11.3 Å². The molecule has 2 heterocycles. The third-order valence-corrected chi connectivity index (χ3v) is 4.10. The Labute approximate surface area is 122 Å². The lowest BCUT2D eigenvalue weighted by Gasteiger charge is -2.07. The van der Waals surface area contributed by atoms with Gasteiger partial charge < -0.3 is 5.32 Å². The molecule has 1 N–H and O–H groups in total. The quantitative estimate of drug-likeness (QED) is 0.773. The van der Waals surface area contributed by atoms with Crippen molar-refractivity contribution in [3.63, 3.8) is 0 Å². The minimum absolute atomic E-state index is 0.790. The zero-order chi connectivity index (χ0) is 13.9. The number of nitrogens with zero attached hydrogens (tertiary/aromatic N) is 2. The lowest BCUT2D eigenvalue weighted by molar-refractivity contribution is 1.13. The fourth-order valence-corrected chi connectivity index (χ4v) is 2.94. The van der Waals surface area contributed by atoms with E-state index in [9.17, 15) is 0 Å². The molecule has 0 saturated carbocycles. The van der Waals surface area contributed by atoms with Gasteiger partial charge in [0.05, 0.1) is 5.39 Å². The highest BCUT2D eigenvalue weighted by atomic mass is 32.1. The Bertz CT molecular complexity index is 716. The summed E-state index contributed by atoms with van der Waals surface area (Å²) in [5.74, 6) is 1.71. The lowest BCUT2D eigenvalue weighted by atomic mass is 10.1. The van der Waals surface area contributed by atoms with Gasteiger partial charge in [0.2, 0.25) is 0 Å². The molecule has 0 spiro atoms. The maximum absolute atomic E-state index is 4.67. The van der Waals surface area contributed by atoms with Crippen LogP contribution in [0.2, 0.25) is 0 Å². The van der Waals surface area contributed by atoms with Gasteiger partial charge in [-0.2, -0.15) is 0 Å². The zero-order valence-electron chi connectivity index (χ0n) is 11.7. The van der Waals surface area contributed by atoms with E-state index in [4.69, 9.17) is 0 Å². The number of hydrogen-bond donors (Lipinski definition) is 1. The molecule has 0 aliphatic heterocycles. The van der Waals surface area contributed by atoms with Crippen LogP contribution >= 0.6 is 11.3 Å². The second-order valence-corrected chi connectivity index (χ2v) is 5.51. The molecule has 0 amide bonds. The molecule has 4 heteroatoms. The molecule has 0 unspecified atom stereocenters. The normalized spacial score (nSPS) is 10.9. The predicted molar refractivity (Wildman–Crippen MR) is 86.4 cm³/mol. The summed E-state index contributed by atoms with van der Waals surface area (Å²) in [6.07, 6.45) is 1.05. The zero-order valence-corrected chi connectivity index (χ0v) is 12.5. The van der Waals surface area contributed by atoms with Gasteiger partial charge in [0.25, 0.3) is 0 Å². The van der Waals surface area contributed by atoms with Crippen LogP contribution in [0.1, 0.15) is 19.4 Å². The monoisotopic (exact) mass is 283 g/mol. The summed E-state index contributed by atoms with van der Waals surface area (Å²) in [6, 6.07) is 10.6. The largest absolute Gasteiger partial charge is 0.370 e. The summed E-state index contributed by atoms with van der Waals surface area (Å²) in [4.78, 5) is 10.4. The minimum atomic E-state index is 0.790. The summed E-state index contributed by atoms with van der Waals surface area (Å²) >= 11 is 1.65. The molecule has 20 heavy (non-hydrogen) atoms. The van der Waals surface area contributed by atoms with E-state index in [1.54, 1.807) is 11.3 Å². The van der Waals surface area contributed by atoms with Crippen LogP contribution in [0.3, 0.4) is 0 Å². The summed E-state index contributed by atoms with van der Waals surface area (Å²) in [5, 5.41) is 6.49. The molecule has 1 aromatic carbocycles. The van der Waals surface area contributed by atoms with E-state index >= 15 is 0 Å². The van der Waals surface area contributed by atoms with Crippen LogP contribution in [0.4, 0.5) is 5.82 Å². The number of thiophene rings is 1. The molecular formula is C16H17N3S. The van der Waals surface area contributed by atoms with Crippen LogP contribution < -0.4 is 5.32 Å². The first-order chi connectivity index (χ1) is 9.81. The van der Waals surface area contributed by atoms with E-state index in [0.717, 1.165) is 40.4 Å². The summed E-state index contributed by atoms with van der Waals surface area (Å²) < 4.78 is 0. The Kier molecular flexibility index (Phi) is 3.65. The van der Waals surface area contributed by atoms with Gasteiger partial charge in [0, 0.05) is 12.1 Å². The molecule has 0 radical (unpaired) electrons. The second kappa shape index (κ2) is 5.59. The number of aromatic nitrogens is 2. The molecular weight excluding hydrogens is 266 g/mol. The Morgan fingerprint density at radius 2 is 1.85 bits per heavy atom. The number of anilines is 1. The lowest BCUT2D eigenvalue weighted by Crippen LogP contribution is -2.01. The molecule has 2 aromatic heterocycles. The Morgan fingerprint density at radius 1 is 1.05 bits per heavy atom. The van der Waals surface area contributed by atoms with Crippen molar-refractivity contribution in [3.05, 3.63) is 41.3 Å². The maximum Gasteiger partial charge on any atom is 0.163 e. The van der Waals surface area contributed by atoms with Crippen molar-refractivity contribution in [1.82, 2.24) is 9.97 Å². The molecule has 3 nitrogen and oxygen atoms in total. The molecule has 0 fully saturated rings. The number of nitrogens with one attached hydrogen (secondary N) is 1. The van der Waals surface area contributed by atoms with Crippen molar-refractivity contribution in [3.8, 4) is 11.4 Å². The SMILES string of the molecule is CCNc1nc(-c2ccc(CC)cc2)nc2sccc12. The second-order valence-electron chi connectivity index (χ2n) is 4.62. The van der Waals surface area contributed by atoms with Gasteiger partial charge in [-0.1, -0.05) is 31.2 Å². The third-order valence-electron chi connectivity index (χ3n) is 3.29. The van der Waals surface area contributed by atoms with Crippen molar-refractivity contribution in [2.24, 2.45) is 0 Å². The number of benzene rings is 1. The molecule has 0 aliphatic rings. The Morgan fingerprint density at radius 3 is 2.55 bits per heavy atom. The van der Waals surface area contributed by atoms with E-state index in [1.807, 2.05) is 0 Å².